The Balaban J connectivity index is 2.28. The zero-order valence-corrected chi connectivity index (χ0v) is 9.97. The molecule has 0 radical (unpaired) electrons. The summed E-state index contributed by atoms with van der Waals surface area (Å²) in [5.41, 5.74) is 2.66. The summed E-state index contributed by atoms with van der Waals surface area (Å²) in [6.07, 6.45) is 3.32. The van der Waals surface area contributed by atoms with E-state index in [9.17, 15) is 0 Å². The highest BCUT2D eigenvalue weighted by atomic mass is 16.5. The molecule has 86 valence electrons. The van der Waals surface area contributed by atoms with Gasteiger partial charge in [0.25, 0.3) is 0 Å². The average molecular weight is 226 g/mol. The molecule has 17 heavy (non-hydrogen) atoms. The van der Waals surface area contributed by atoms with Crippen LogP contribution in [0.3, 0.4) is 0 Å². The Bertz CT molecular complexity index is 532. The minimum Gasteiger partial charge on any atom is -0.437 e. The van der Waals surface area contributed by atoms with Crippen LogP contribution in [-0.2, 0) is 0 Å². The van der Waals surface area contributed by atoms with Gasteiger partial charge in [-0.15, -0.1) is 0 Å². The third-order valence-electron chi connectivity index (χ3n) is 2.38. The Morgan fingerprint density at radius 1 is 1.18 bits per heavy atom. The summed E-state index contributed by atoms with van der Waals surface area (Å²) in [7, 11) is 0. The van der Waals surface area contributed by atoms with E-state index in [1.165, 1.54) is 5.56 Å². The molecule has 0 bridgehead atoms. The number of rotatable bonds is 3. The predicted molar refractivity (Wildman–Crippen MR) is 68.1 cm³/mol. The van der Waals surface area contributed by atoms with Crippen LogP contribution < -0.4 is 4.74 Å². The first kappa shape index (κ1) is 11.3. The molecule has 2 rings (SSSR count). The van der Waals surface area contributed by atoms with Crippen LogP contribution in [0, 0.1) is 13.8 Å². The first-order valence-electron chi connectivity index (χ1n) is 5.39. The molecule has 0 aliphatic rings. The minimum atomic E-state index is 0.520. The SMILES string of the molecule is C=Cc1cnc(C)c(Oc2ccc(C)cc2)n1. The van der Waals surface area contributed by atoms with Gasteiger partial charge in [-0.1, -0.05) is 24.3 Å². The molecule has 0 N–H and O–H groups in total. The van der Waals surface area contributed by atoms with E-state index in [4.69, 9.17) is 4.74 Å². The Kier molecular flexibility index (Phi) is 3.19. The Morgan fingerprint density at radius 2 is 1.88 bits per heavy atom. The van der Waals surface area contributed by atoms with Crippen molar-refractivity contribution in [2.45, 2.75) is 13.8 Å². The van der Waals surface area contributed by atoms with Crippen molar-refractivity contribution in [3.05, 3.63) is 54.0 Å². The number of hydrogen-bond donors (Lipinski definition) is 0. The molecular formula is C14H14N2O. The summed E-state index contributed by atoms with van der Waals surface area (Å²) < 4.78 is 5.69. The molecule has 3 nitrogen and oxygen atoms in total. The second-order valence-electron chi connectivity index (χ2n) is 3.80. The van der Waals surface area contributed by atoms with Gasteiger partial charge >= 0.3 is 0 Å². The fraction of sp³-hybridized carbons (Fsp3) is 0.143. The van der Waals surface area contributed by atoms with Crippen molar-refractivity contribution in [2.75, 3.05) is 0 Å². The third-order valence-corrected chi connectivity index (χ3v) is 2.38. The van der Waals surface area contributed by atoms with E-state index in [-0.39, 0.29) is 0 Å². The van der Waals surface area contributed by atoms with Crippen molar-refractivity contribution < 1.29 is 4.74 Å². The van der Waals surface area contributed by atoms with Gasteiger partial charge in [-0.25, -0.2) is 4.98 Å². The zero-order chi connectivity index (χ0) is 12.3. The lowest BCUT2D eigenvalue weighted by atomic mass is 10.2. The van der Waals surface area contributed by atoms with E-state index < -0.39 is 0 Å². The maximum atomic E-state index is 5.69. The summed E-state index contributed by atoms with van der Waals surface area (Å²) in [6, 6.07) is 7.82. The summed E-state index contributed by atoms with van der Waals surface area (Å²) in [5, 5.41) is 0. The fourth-order valence-electron chi connectivity index (χ4n) is 1.36. The van der Waals surface area contributed by atoms with Crippen molar-refractivity contribution in [1.29, 1.82) is 0 Å². The van der Waals surface area contributed by atoms with Crippen LogP contribution in [0.4, 0.5) is 0 Å². The Morgan fingerprint density at radius 3 is 2.53 bits per heavy atom. The highest BCUT2D eigenvalue weighted by molar-refractivity contribution is 5.42. The molecule has 3 heteroatoms. The van der Waals surface area contributed by atoms with Gasteiger partial charge in [0.1, 0.15) is 5.75 Å². The Hall–Kier alpha value is -2.16. The van der Waals surface area contributed by atoms with Crippen LogP contribution in [0.2, 0.25) is 0 Å². The van der Waals surface area contributed by atoms with Crippen molar-refractivity contribution >= 4 is 6.08 Å². The number of benzene rings is 1. The van der Waals surface area contributed by atoms with E-state index in [2.05, 4.69) is 16.5 Å². The van der Waals surface area contributed by atoms with Gasteiger partial charge < -0.3 is 4.74 Å². The summed E-state index contributed by atoms with van der Waals surface area (Å²) in [4.78, 5) is 8.51. The van der Waals surface area contributed by atoms with E-state index >= 15 is 0 Å². The van der Waals surface area contributed by atoms with Crippen molar-refractivity contribution in [3.8, 4) is 11.6 Å². The number of hydrogen-bond acceptors (Lipinski definition) is 3. The normalized spacial score (nSPS) is 10.0. The molecule has 1 heterocycles. The monoisotopic (exact) mass is 226 g/mol. The number of ether oxygens (including phenoxy) is 1. The average Bonchev–Trinajstić information content (AvgIpc) is 2.35. The minimum absolute atomic E-state index is 0.520. The highest BCUT2D eigenvalue weighted by Gasteiger charge is 2.05. The van der Waals surface area contributed by atoms with Gasteiger partial charge in [-0.3, -0.25) is 4.98 Å². The van der Waals surface area contributed by atoms with Crippen LogP contribution >= 0.6 is 0 Å². The molecule has 0 saturated heterocycles. The predicted octanol–water partition coefficient (Wildman–Crippen LogP) is 3.53. The van der Waals surface area contributed by atoms with Crippen LogP contribution in [0.25, 0.3) is 6.08 Å². The van der Waals surface area contributed by atoms with Crippen molar-refractivity contribution in [3.63, 3.8) is 0 Å². The number of nitrogens with zero attached hydrogens (tertiary/aromatic N) is 2. The molecule has 1 aromatic heterocycles. The van der Waals surface area contributed by atoms with Crippen LogP contribution in [0.5, 0.6) is 11.6 Å². The van der Waals surface area contributed by atoms with Gasteiger partial charge in [-0.05, 0) is 32.1 Å². The third kappa shape index (κ3) is 2.69. The van der Waals surface area contributed by atoms with Gasteiger partial charge in [-0.2, -0.15) is 0 Å². The zero-order valence-electron chi connectivity index (χ0n) is 9.97. The molecule has 0 saturated carbocycles. The largest absolute Gasteiger partial charge is 0.437 e. The number of aromatic nitrogens is 2. The summed E-state index contributed by atoms with van der Waals surface area (Å²) in [6.45, 7) is 7.56. The topological polar surface area (TPSA) is 35.0 Å². The second-order valence-corrected chi connectivity index (χ2v) is 3.80. The number of aryl methyl sites for hydroxylation is 2. The maximum absolute atomic E-state index is 5.69. The quantitative estimate of drug-likeness (QED) is 0.803. The molecule has 1 aromatic carbocycles. The smallest absolute Gasteiger partial charge is 0.241 e. The van der Waals surface area contributed by atoms with Crippen molar-refractivity contribution in [2.24, 2.45) is 0 Å². The first-order chi connectivity index (χ1) is 8.19. The van der Waals surface area contributed by atoms with Crippen LogP contribution in [0.1, 0.15) is 17.0 Å². The lowest BCUT2D eigenvalue weighted by Crippen LogP contribution is -1.95. The van der Waals surface area contributed by atoms with Crippen molar-refractivity contribution in [1.82, 2.24) is 9.97 Å². The second kappa shape index (κ2) is 4.78. The maximum Gasteiger partial charge on any atom is 0.241 e. The molecular weight excluding hydrogens is 212 g/mol. The van der Waals surface area contributed by atoms with Gasteiger partial charge in [0.15, 0.2) is 0 Å². The molecule has 0 fully saturated rings. The van der Waals surface area contributed by atoms with E-state index in [0.717, 1.165) is 11.4 Å². The van der Waals surface area contributed by atoms with Gasteiger partial charge in [0.05, 0.1) is 17.6 Å². The van der Waals surface area contributed by atoms with Crippen LogP contribution in [-0.4, -0.2) is 9.97 Å². The molecule has 0 aliphatic carbocycles. The molecule has 0 atom stereocenters. The molecule has 0 amide bonds. The molecule has 0 aliphatic heterocycles. The van der Waals surface area contributed by atoms with E-state index in [1.54, 1.807) is 12.3 Å². The summed E-state index contributed by atoms with van der Waals surface area (Å²) >= 11 is 0. The van der Waals surface area contributed by atoms with Gasteiger partial charge in [0.2, 0.25) is 5.88 Å². The summed E-state index contributed by atoms with van der Waals surface area (Å²) in [5.74, 6) is 1.28. The van der Waals surface area contributed by atoms with E-state index in [0.29, 0.717) is 11.6 Å². The lowest BCUT2D eigenvalue weighted by molar-refractivity contribution is 0.454. The molecule has 0 unspecified atom stereocenters. The standard InChI is InChI=1S/C14H14N2O/c1-4-12-9-15-11(3)14(16-12)17-13-7-5-10(2)6-8-13/h4-9H,1H2,2-3H3. The lowest BCUT2D eigenvalue weighted by Gasteiger charge is -2.07. The highest BCUT2D eigenvalue weighted by Crippen LogP contribution is 2.22. The van der Waals surface area contributed by atoms with Crippen LogP contribution in [0.15, 0.2) is 37.0 Å². The molecule has 2 aromatic rings. The fourth-order valence-corrected chi connectivity index (χ4v) is 1.36. The van der Waals surface area contributed by atoms with E-state index in [1.807, 2.05) is 38.1 Å². The first-order valence-corrected chi connectivity index (χ1v) is 5.39. The Labute approximate surface area is 101 Å². The molecule has 0 spiro atoms. The van der Waals surface area contributed by atoms with Gasteiger partial charge in [0, 0.05) is 0 Å².